The Kier molecular flexibility index (Phi) is 5.69. The van der Waals surface area contributed by atoms with Crippen LogP contribution in [0.2, 0.25) is 0 Å². The normalized spacial score (nSPS) is 10.6. The third-order valence-corrected chi connectivity index (χ3v) is 2.29. The number of nitrogens with zero attached hydrogens (tertiary/aromatic N) is 1. The Balaban J connectivity index is 2.87. The summed E-state index contributed by atoms with van der Waals surface area (Å²) < 4.78 is 37.5. The molecule has 1 rings (SSSR count). The molecular formula is C13H15F3N2. The van der Waals surface area contributed by atoms with Gasteiger partial charge >= 0.3 is 0 Å². The van der Waals surface area contributed by atoms with Crippen molar-refractivity contribution < 1.29 is 13.2 Å². The summed E-state index contributed by atoms with van der Waals surface area (Å²) >= 11 is 0. The van der Waals surface area contributed by atoms with Gasteiger partial charge in [0.05, 0.1) is 13.1 Å². The first-order valence-electron chi connectivity index (χ1n) is 5.47. The fourth-order valence-corrected chi connectivity index (χ4v) is 1.54. The fourth-order valence-electron chi connectivity index (χ4n) is 1.54. The Morgan fingerprint density at radius 3 is 2.72 bits per heavy atom. The Bertz CT molecular complexity index is 449. The summed E-state index contributed by atoms with van der Waals surface area (Å²) in [6.07, 6.45) is -2.39. The molecule has 0 aromatic heterocycles. The number of alkyl halides is 2. The van der Waals surface area contributed by atoms with Crippen LogP contribution >= 0.6 is 0 Å². The first kappa shape index (κ1) is 14.6. The van der Waals surface area contributed by atoms with Gasteiger partial charge in [-0.1, -0.05) is 17.9 Å². The van der Waals surface area contributed by atoms with Crippen molar-refractivity contribution in [3.63, 3.8) is 0 Å². The Morgan fingerprint density at radius 1 is 1.39 bits per heavy atom. The lowest BCUT2D eigenvalue weighted by molar-refractivity contribution is 0.0975. The molecule has 0 spiro atoms. The average molecular weight is 256 g/mol. The number of nitrogens with two attached hydrogens (primary N) is 1. The monoisotopic (exact) mass is 256 g/mol. The van der Waals surface area contributed by atoms with Gasteiger partial charge in [0.1, 0.15) is 5.82 Å². The average Bonchev–Trinajstić information content (AvgIpc) is 2.28. The summed E-state index contributed by atoms with van der Waals surface area (Å²) in [4.78, 5) is 1.46. The molecule has 0 amide bonds. The van der Waals surface area contributed by atoms with Gasteiger partial charge < -0.3 is 5.73 Å². The molecule has 1 aromatic rings. The highest BCUT2D eigenvalue weighted by Gasteiger charge is 2.10. The van der Waals surface area contributed by atoms with E-state index in [4.69, 9.17) is 5.73 Å². The second-order valence-corrected chi connectivity index (χ2v) is 3.90. The van der Waals surface area contributed by atoms with Crippen molar-refractivity contribution >= 4 is 0 Å². The van der Waals surface area contributed by atoms with Crippen LogP contribution < -0.4 is 5.73 Å². The molecule has 0 heterocycles. The van der Waals surface area contributed by atoms with Crippen LogP contribution in [-0.2, 0) is 6.54 Å². The van der Waals surface area contributed by atoms with Crippen LogP contribution in [0.25, 0.3) is 0 Å². The summed E-state index contributed by atoms with van der Waals surface area (Å²) in [5.41, 5.74) is 6.45. The predicted octanol–water partition coefficient (Wildman–Crippen LogP) is 1.83. The molecule has 5 heteroatoms. The molecule has 0 unspecified atom stereocenters. The summed E-state index contributed by atoms with van der Waals surface area (Å²) in [5.74, 6) is 4.97. The summed E-state index contributed by atoms with van der Waals surface area (Å²) in [7, 11) is 1.58. The van der Waals surface area contributed by atoms with E-state index < -0.39 is 12.2 Å². The van der Waals surface area contributed by atoms with E-state index in [1.165, 1.54) is 17.0 Å². The summed E-state index contributed by atoms with van der Waals surface area (Å²) in [6, 6.07) is 4.13. The van der Waals surface area contributed by atoms with E-state index in [1.807, 2.05) is 0 Å². The van der Waals surface area contributed by atoms with E-state index in [1.54, 1.807) is 13.1 Å². The predicted molar refractivity (Wildman–Crippen MR) is 64.7 cm³/mol. The van der Waals surface area contributed by atoms with Crippen molar-refractivity contribution in [2.75, 3.05) is 20.1 Å². The van der Waals surface area contributed by atoms with Gasteiger partial charge in [-0.25, -0.2) is 13.2 Å². The van der Waals surface area contributed by atoms with E-state index in [9.17, 15) is 13.2 Å². The standard InChI is InChI=1S/C13H15F3N2/c1-18(9-13(15)16)8-11-4-5-12(14)7-10(11)3-2-6-17/h4-5,7,13H,6,8-9,17H2,1H3. The van der Waals surface area contributed by atoms with Gasteiger partial charge in [-0.3, -0.25) is 4.90 Å². The molecule has 0 aliphatic heterocycles. The van der Waals surface area contributed by atoms with E-state index in [-0.39, 0.29) is 13.1 Å². The van der Waals surface area contributed by atoms with E-state index in [0.717, 1.165) is 0 Å². The highest BCUT2D eigenvalue weighted by atomic mass is 19.3. The van der Waals surface area contributed by atoms with Crippen LogP contribution in [0.5, 0.6) is 0 Å². The minimum absolute atomic E-state index is 0.169. The zero-order chi connectivity index (χ0) is 13.5. The third-order valence-electron chi connectivity index (χ3n) is 2.29. The lowest BCUT2D eigenvalue weighted by Gasteiger charge is -2.17. The highest BCUT2D eigenvalue weighted by molar-refractivity contribution is 5.41. The lowest BCUT2D eigenvalue weighted by Crippen LogP contribution is -2.24. The molecule has 0 bridgehead atoms. The first-order valence-corrected chi connectivity index (χ1v) is 5.47. The maximum atomic E-state index is 13.1. The van der Waals surface area contributed by atoms with Crippen LogP contribution in [0.4, 0.5) is 13.2 Å². The fraction of sp³-hybridized carbons (Fsp3) is 0.385. The van der Waals surface area contributed by atoms with Gasteiger partial charge in [0.25, 0.3) is 6.43 Å². The number of benzene rings is 1. The van der Waals surface area contributed by atoms with Crippen molar-refractivity contribution in [1.29, 1.82) is 0 Å². The first-order chi connectivity index (χ1) is 8.52. The zero-order valence-corrected chi connectivity index (χ0v) is 10.1. The zero-order valence-electron chi connectivity index (χ0n) is 10.1. The number of hydrogen-bond donors (Lipinski definition) is 1. The molecule has 98 valence electrons. The largest absolute Gasteiger partial charge is 0.320 e. The number of hydrogen-bond acceptors (Lipinski definition) is 2. The molecule has 0 aliphatic rings. The van der Waals surface area contributed by atoms with Gasteiger partial charge in [0.2, 0.25) is 0 Å². The Labute approximate surface area is 105 Å². The van der Waals surface area contributed by atoms with E-state index in [0.29, 0.717) is 17.7 Å². The number of rotatable bonds is 4. The van der Waals surface area contributed by atoms with Crippen LogP contribution in [-0.4, -0.2) is 31.5 Å². The molecule has 0 saturated heterocycles. The van der Waals surface area contributed by atoms with Crippen molar-refractivity contribution in [2.24, 2.45) is 5.73 Å². The maximum Gasteiger partial charge on any atom is 0.251 e. The minimum atomic E-state index is -2.39. The van der Waals surface area contributed by atoms with E-state index in [2.05, 4.69) is 11.8 Å². The third kappa shape index (κ3) is 4.78. The second kappa shape index (κ2) is 7.04. The maximum absolute atomic E-state index is 13.1. The topological polar surface area (TPSA) is 29.3 Å². The van der Waals surface area contributed by atoms with E-state index >= 15 is 0 Å². The Hall–Kier alpha value is -1.51. The second-order valence-electron chi connectivity index (χ2n) is 3.90. The summed E-state index contributed by atoms with van der Waals surface area (Å²) in [6.45, 7) is 0.128. The molecule has 2 N–H and O–H groups in total. The molecule has 1 aromatic carbocycles. The van der Waals surface area contributed by atoms with Crippen LogP contribution in [0.3, 0.4) is 0 Å². The molecular weight excluding hydrogens is 241 g/mol. The van der Waals surface area contributed by atoms with Gasteiger partial charge in [-0.15, -0.1) is 0 Å². The molecule has 0 fully saturated rings. The van der Waals surface area contributed by atoms with Crippen molar-refractivity contribution in [3.8, 4) is 11.8 Å². The molecule has 0 atom stereocenters. The molecule has 0 saturated carbocycles. The highest BCUT2D eigenvalue weighted by Crippen LogP contribution is 2.13. The van der Waals surface area contributed by atoms with Crippen LogP contribution in [0.1, 0.15) is 11.1 Å². The van der Waals surface area contributed by atoms with Crippen molar-refractivity contribution in [2.45, 2.75) is 13.0 Å². The minimum Gasteiger partial charge on any atom is -0.320 e. The summed E-state index contributed by atoms with van der Waals surface area (Å²) in [5, 5.41) is 0. The quantitative estimate of drug-likeness (QED) is 0.833. The van der Waals surface area contributed by atoms with Gasteiger partial charge in [-0.05, 0) is 24.7 Å². The molecule has 2 nitrogen and oxygen atoms in total. The van der Waals surface area contributed by atoms with Crippen molar-refractivity contribution in [1.82, 2.24) is 4.90 Å². The van der Waals surface area contributed by atoms with Crippen LogP contribution in [0, 0.1) is 17.7 Å². The smallest absolute Gasteiger partial charge is 0.251 e. The van der Waals surface area contributed by atoms with Gasteiger partial charge in [0.15, 0.2) is 0 Å². The van der Waals surface area contributed by atoms with Gasteiger partial charge in [-0.2, -0.15) is 0 Å². The van der Waals surface area contributed by atoms with Gasteiger partial charge in [0, 0.05) is 12.1 Å². The van der Waals surface area contributed by atoms with Crippen molar-refractivity contribution in [3.05, 3.63) is 35.1 Å². The van der Waals surface area contributed by atoms with Crippen LogP contribution in [0.15, 0.2) is 18.2 Å². The number of halogens is 3. The molecule has 0 radical (unpaired) electrons. The SMILES string of the molecule is CN(Cc1ccc(F)cc1C#CCN)CC(F)F. The lowest BCUT2D eigenvalue weighted by atomic mass is 10.1. The molecule has 0 aliphatic carbocycles. The molecule has 18 heavy (non-hydrogen) atoms. The Morgan fingerprint density at radius 2 is 2.11 bits per heavy atom.